The topological polar surface area (TPSA) is 6.48 Å². The molecule has 0 spiro atoms. The normalized spacial score (nSPS) is 33.0. The van der Waals surface area contributed by atoms with E-state index in [1.54, 1.807) is 4.90 Å². The Kier molecular flexibility index (Phi) is 7.01. The van der Waals surface area contributed by atoms with E-state index in [4.69, 9.17) is 0 Å². The summed E-state index contributed by atoms with van der Waals surface area (Å²) in [6.45, 7) is 8.89. The Bertz CT molecular complexity index is 393. The number of likely N-dealkylation sites (tertiary alicyclic amines) is 2. The number of nitrogens with zero attached hydrogens (tertiary/aromatic N) is 2. The fraction of sp³-hybridized carbons (Fsp3) is 1.00. The highest BCUT2D eigenvalue weighted by molar-refractivity contribution is 5.07. The van der Waals surface area contributed by atoms with Gasteiger partial charge in [0.05, 0.1) is 0 Å². The second-order valence-corrected chi connectivity index (χ2v) is 6.76. The monoisotopic (exact) mass is 362 g/mol. The molecule has 8 heteroatoms. The van der Waals surface area contributed by atoms with Crippen molar-refractivity contribution in [3.05, 3.63) is 0 Å². The number of fused-ring (bicyclic) bond motifs is 1. The molecule has 2 aliphatic heterocycles. The second-order valence-electron chi connectivity index (χ2n) is 6.76. The standard InChI is InChI=1S/C9H14F3N.C5H8F3N.C2H6/c1-5(2)13-4-6-3-7(6)8(13)9(10,11)12;1-9-3-2-4(9)5(6,7)8;1-2/h5-8H,3-4H2,1-2H3;4H,2-3H2,1H3;1-2H3. The van der Waals surface area contributed by atoms with E-state index in [1.165, 1.54) is 11.9 Å². The SMILES string of the molecule is CC.CC(C)N1CC2CC2C1C(F)(F)F.CN1CCC1C(F)(F)F. The Hall–Kier alpha value is -0.500. The van der Waals surface area contributed by atoms with Gasteiger partial charge in [-0.3, -0.25) is 9.80 Å². The summed E-state index contributed by atoms with van der Waals surface area (Å²) in [6, 6.07) is -2.31. The van der Waals surface area contributed by atoms with Crippen molar-refractivity contribution in [2.24, 2.45) is 11.8 Å². The summed E-state index contributed by atoms with van der Waals surface area (Å²) in [4.78, 5) is 2.90. The summed E-state index contributed by atoms with van der Waals surface area (Å²) in [5, 5.41) is 0. The lowest BCUT2D eigenvalue weighted by Crippen LogP contribution is -2.53. The predicted molar refractivity (Wildman–Crippen MR) is 81.7 cm³/mol. The molecule has 2 nitrogen and oxygen atoms in total. The highest BCUT2D eigenvalue weighted by Crippen LogP contribution is 2.54. The van der Waals surface area contributed by atoms with Crippen LogP contribution in [-0.4, -0.2) is 60.4 Å². The van der Waals surface area contributed by atoms with Gasteiger partial charge in [-0.25, -0.2) is 0 Å². The third-order valence-corrected chi connectivity index (χ3v) is 4.85. The molecule has 144 valence electrons. The average Bonchev–Trinajstić information content (AvgIpc) is 3.05. The van der Waals surface area contributed by atoms with Crippen molar-refractivity contribution in [1.29, 1.82) is 0 Å². The zero-order chi connectivity index (χ0) is 18.9. The van der Waals surface area contributed by atoms with Crippen molar-refractivity contribution in [3.8, 4) is 0 Å². The number of hydrogen-bond acceptors (Lipinski definition) is 2. The summed E-state index contributed by atoms with van der Waals surface area (Å²) in [6.07, 6.45) is -6.99. The van der Waals surface area contributed by atoms with E-state index in [0.717, 1.165) is 6.42 Å². The van der Waals surface area contributed by atoms with Crippen LogP contribution in [0.2, 0.25) is 0 Å². The average molecular weight is 362 g/mol. The maximum absolute atomic E-state index is 12.6. The van der Waals surface area contributed by atoms with Gasteiger partial charge < -0.3 is 0 Å². The van der Waals surface area contributed by atoms with Crippen LogP contribution >= 0.6 is 0 Å². The Morgan fingerprint density at radius 1 is 0.958 bits per heavy atom. The molecule has 0 radical (unpaired) electrons. The minimum atomic E-state index is -4.03. The molecule has 0 aromatic rings. The van der Waals surface area contributed by atoms with Crippen LogP contribution in [0.25, 0.3) is 0 Å². The molecule has 3 fully saturated rings. The van der Waals surface area contributed by atoms with Gasteiger partial charge in [-0.05, 0) is 45.6 Å². The van der Waals surface area contributed by atoms with Crippen LogP contribution in [0.4, 0.5) is 26.3 Å². The van der Waals surface area contributed by atoms with E-state index in [0.29, 0.717) is 19.0 Å². The minimum absolute atomic E-state index is 0.0134. The lowest BCUT2D eigenvalue weighted by Gasteiger charge is -2.38. The minimum Gasteiger partial charge on any atom is -0.295 e. The highest BCUT2D eigenvalue weighted by atomic mass is 19.4. The second kappa shape index (κ2) is 7.81. The molecule has 1 aliphatic carbocycles. The van der Waals surface area contributed by atoms with E-state index in [-0.39, 0.29) is 18.4 Å². The van der Waals surface area contributed by atoms with E-state index < -0.39 is 24.4 Å². The molecule has 0 bridgehead atoms. The quantitative estimate of drug-likeness (QED) is 0.631. The first kappa shape index (κ1) is 21.5. The third kappa shape index (κ3) is 5.00. The van der Waals surface area contributed by atoms with E-state index in [9.17, 15) is 26.3 Å². The zero-order valence-corrected chi connectivity index (χ0v) is 14.9. The van der Waals surface area contributed by atoms with Crippen molar-refractivity contribution in [2.45, 2.75) is 71.0 Å². The lowest BCUT2D eigenvalue weighted by atomic mass is 10.0. The summed E-state index contributed by atoms with van der Waals surface area (Å²) < 4.78 is 72.9. The molecule has 2 heterocycles. The summed E-state index contributed by atoms with van der Waals surface area (Å²) >= 11 is 0. The Morgan fingerprint density at radius 2 is 1.50 bits per heavy atom. The van der Waals surface area contributed by atoms with Crippen LogP contribution < -0.4 is 0 Å². The smallest absolute Gasteiger partial charge is 0.295 e. The van der Waals surface area contributed by atoms with Gasteiger partial charge in [0.15, 0.2) is 0 Å². The Morgan fingerprint density at radius 3 is 1.71 bits per heavy atom. The first-order chi connectivity index (χ1) is 10.9. The van der Waals surface area contributed by atoms with Gasteiger partial charge in [-0.1, -0.05) is 13.8 Å². The lowest BCUT2D eigenvalue weighted by molar-refractivity contribution is -0.205. The maximum Gasteiger partial charge on any atom is 0.404 e. The van der Waals surface area contributed by atoms with Gasteiger partial charge in [0.25, 0.3) is 0 Å². The molecular formula is C16H28F6N2. The molecular weight excluding hydrogens is 334 g/mol. The molecule has 3 aliphatic rings. The van der Waals surface area contributed by atoms with Gasteiger partial charge in [0, 0.05) is 19.1 Å². The highest BCUT2D eigenvalue weighted by Gasteiger charge is 2.62. The van der Waals surface area contributed by atoms with E-state index in [1.807, 2.05) is 27.7 Å². The van der Waals surface area contributed by atoms with Gasteiger partial charge in [-0.2, -0.15) is 26.3 Å². The van der Waals surface area contributed by atoms with Crippen LogP contribution in [0.15, 0.2) is 0 Å². The zero-order valence-electron chi connectivity index (χ0n) is 14.9. The summed E-state index contributed by atoms with van der Waals surface area (Å²) in [5.74, 6) is 0.233. The van der Waals surface area contributed by atoms with Crippen molar-refractivity contribution in [3.63, 3.8) is 0 Å². The first-order valence-corrected chi connectivity index (χ1v) is 8.52. The number of halogens is 6. The van der Waals surface area contributed by atoms with Gasteiger partial charge >= 0.3 is 12.4 Å². The molecule has 4 atom stereocenters. The van der Waals surface area contributed by atoms with Crippen LogP contribution in [0.5, 0.6) is 0 Å². The molecule has 2 saturated heterocycles. The van der Waals surface area contributed by atoms with Crippen molar-refractivity contribution in [1.82, 2.24) is 9.80 Å². The van der Waals surface area contributed by atoms with Gasteiger partial charge in [0.2, 0.25) is 0 Å². The number of alkyl halides is 6. The molecule has 0 aromatic heterocycles. The predicted octanol–water partition coefficient (Wildman–Crippen LogP) is 4.56. The number of piperidine rings is 1. The largest absolute Gasteiger partial charge is 0.404 e. The van der Waals surface area contributed by atoms with Crippen LogP contribution in [0.3, 0.4) is 0 Å². The molecule has 1 saturated carbocycles. The Balaban J connectivity index is 0.000000230. The fourth-order valence-electron chi connectivity index (χ4n) is 3.39. The van der Waals surface area contributed by atoms with Gasteiger partial charge in [0.1, 0.15) is 12.1 Å². The molecule has 0 N–H and O–H groups in total. The molecule has 3 rings (SSSR count). The van der Waals surface area contributed by atoms with Crippen LogP contribution in [0, 0.1) is 11.8 Å². The van der Waals surface area contributed by atoms with Gasteiger partial charge in [-0.15, -0.1) is 0 Å². The first-order valence-electron chi connectivity index (χ1n) is 8.52. The van der Waals surface area contributed by atoms with Crippen molar-refractivity contribution in [2.75, 3.05) is 20.1 Å². The van der Waals surface area contributed by atoms with Crippen molar-refractivity contribution < 1.29 is 26.3 Å². The van der Waals surface area contributed by atoms with Crippen molar-refractivity contribution >= 4 is 0 Å². The number of hydrogen-bond donors (Lipinski definition) is 0. The fourth-order valence-corrected chi connectivity index (χ4v) is 3.39. The summed E-state index contributed by atoms with van der Waals surface area (Å²) in [7, 11) is 1.49. The summed E-state index contributed by atoms with van der Waals surface area (Å²) in [5.41, 5.74) is 0. The molecule has 4 unspecified atom stereocenters. The number of rotatable bonds is 1. The third-order valence-electron chi connectivity index (χ3n) is 4.85. The van der Waals surface area contributed by atoms with E-state index >= 15 is 0 Å². The van der Waals surface area contributed by atoms with Crippen LogP contribution in [0.1, 0.15) is 40.5 Å². The molecule has 24 heavy (non-hydrogen) atoms. The molecule has 0 amide bonds. The maximum atomic E-state index is 12.6. The Labute approximate surface area is 140 Å². The van der Waals surface area contributed by atoms with Crippen LogP contribution in [-0.2, 0) is 0 Å². The molecule has 0 aromatic carbocycles. The van der Waals surface area contributed by atoms with E-state index in [2.05, 4.69) is 0 Å².